The average Bonchev–Trinajstić information content (AvgIpc) is 2.69. The first-order valence-electron chi connectivity index (χ1n) is 6.41. The van der Waals surface area contributed by atoms with Crippen LogP contribution in [0.2, 0.25) is 0 Å². The molecule has 5 nitrogen and oxygen atoms in total. The first-order valence-corrected chi connectivity index (χ1v) is 6.41. The maximum absolute atomic E-state index is 12.3. The lowest BCUT2D eigenvalue weighted by Crippen LogP contribution is -2.41. The average molecular weight is 257 g/mol. The van der Waals surface area contributed by atoms with Crippen LogP contribution in [0.25, 0.3) is 0 Å². The Labute approximate surface area is 108 Å². The number of ether oxygens (including phenoxy) is 1. The standard InChI is InChI=1S/C13H23NO4/c1-8(2)9(3)13(17)14-7-11(18-4)5-10(14)6-12(15)16/h8-11H,5-7H2,1-4H3,(H,15,16). The van der Waals surface area contributed by atoms with Gasteiger partial charge in [0.15, 0.2) is 0 Å². The highest BCUT2D eigenvalue weighted by molar-refractivity contribution is 5.80. The zero-order chi connectivity index (χ0) is 13.9. The van der Waals surface area contributed by atoms with Gasteiger partial charge >= 0.3 is 5.97 Å². The van der Waals surface area contributed by atoms with E-state index in [2.05, 4.69) is 0 Å². The Bertz CT molecular complexity index is 316. The van der Waals surface area contributed by atoms with Gasteiger partial charge in [-0.05, 0) is 12.3 Å². The van der Waals surface area contributed by atoms with Crippen LogP contribution in [0.15, 0.2) is 0 Å². The van der Waals surface area contributed by atoms with Crippen molar-refractivity contribution in [1.82, 2.24) is 4.90 Å². The minimum atomic E-state index is -0.869. The second-order valence-electron chi connectivity index (χ2n) is 5.37. The molecule has 1 rings (SSSR count). The lowest BCUT2D eigenvalue weighted by Gasteiger charge is -2.28. The largest absolute Gasteiger partial charge is 0.481 e. The summed E-state index contributed by atoms with van der Waals surface area (Å²) in [6.45, 7) is 6.40. The minimum Gasteiger partial charge on any atom is -0.481 e. The van der Waals surface area contributed by atoms with Crippen LogP contribution in [-0.2, 0) is 14.3 Å². The third-order valence-corrected chi connectivity index (χ3v) is 3.79. The van der Waals surface area contributed by atoms with Crippen molar-refractivity contribution in [3.8, 4) is 0 Å². The molecule has 1 aliphatic rings. The molecule has 3 unspecified atom stereocenters. The molecule has 0 aromatic rings. The van der Waals surface area contributed by atoms with E-state index in [1.54, 1.807) is 12.0 Å². The number of aliphatic carboxylic acids is 1. The van der Waals surface area contributed by atoms with Crippen molar-refractivity contribution in [2.45, 2.75) is 45.8 Å². The summed E-state index contributed by atoms with van der Waals surface area (Å²) >= 11 is 0. The number of carboxylic acids is 1. The number of carbonyl (C=O) groups excluding carboxylic acids is 1. The number of carbonyl (C=O) groups is 2. The molecule has 5 heteroatoms. The molecule has 1 saturated heterocycles. The zero-order valence-corrected chi connectivity index (χ0v) is 11.5. The van der Waals surface area contributed by atoms with Gasteiger partial charge < -0.3 is 14.7 Å². The van der Waals surface area contributed by atoms with Crippen molar-refractivity contribution in [1.29, 1.82) is 0 Å². The number of likely N-dealkylation sites (tertiary alicyclic amines) is 1. The summed E-state index contributed by atoms with van der Waals surface area (Å²) in [5.41, 5.74) is 0. The van der Waals surface area contributed by atoms with Crippen molar-refractivity contribution in [2.75, 3.05) is 13.7 Å². The molecule has 3 atom stereocenters. The Hall–Kier alpha value is -1.10. The first-order chi connectivity index (χ1) is 8.36. The molecule has 0 aromatic carbocycles. The van der Waals surface area contributed by atoms with Gasteiger partial charge in [-0.15, -0.1) is 0 Å². The number of nitrogens with zero attached hydrogens (tertiary/aromatic N) is 1. The van der Waals surface area contributed by atoms with E-state index < -0.39 is 5.97 Å². The number of carboxylic acid groups (broad SMARTS) is 1. The van der Waals surface area contributed by atoms with Crippen LogP contribution < -0.4 is 0 Å². The highest BCUT2D eigenvalue weighted by Crippen LogP contribution is 2.26. The monoisotopic (exact) mass is 257 g/mol. The minimum absolute atomic E-state index is 0.00356. The van der Waals surface area contributed by atoms with E-state index >= 15 is 0 Å². The molecule has 1 amide bonds. The van der Waals surface area contributed by atoms with E-state index in [9.17, 15) is 9.59 Å². The van der Waals surface area contributed by atoms with Gasteiger partial charge in [-0.3, -0.25) is 9.59 Å². The van der Waals surface area contributed by atoms with Gasteiger partial charge in [0.2, 0.25) is 5.91 Å². The van der Waals surface area contributed by atoms with Crippen LogP contribution in [0.3, 0.4) is 0 Å². The van der Waals surface area contributed by atoms with Crippen molar-refractivity contribution in [3.05, 3.63) is 0 Å². The summed E-state index contributed by atoms with van der Waals surface area (Å²) in [6.07, 6.45) is 0.563. The topological polar surface area (TPSA) is 66.8 Å². The third-order valence-electron chi connectivity index (χ3n) is 3.79. The summed E-state index contributed by atoms with van der Waals surface area (Å²) in [5, 5.41) is 8.90. The molecule has 0 aromatic heterocycles. The van der Waals surface area contributed by atoms with Crippen LogP contribution >= 0.6 is 0 Å². The van der Waals surface area contributed by atoms with Crippen molar-refractivity contribution < 1.29 is 19.4 Å². The number of amides is 1. The van der Waals surface area contributed by atoms with Crippen LogP contribution in [0, 0.1) is 11.8 Å². The normalized spacial score (nSPS) is 25.5. The van der Waals surface area contributed by atoms with Gasteiger partial charge in [0.1, 0.15) is 0 Å². The summed E-state index contributed by atoms with van der Waals surface area (Å²) in [6, 6.07) is -0.235. The summed E-state index contributed by atoms with van der Waals surface area (Å²) in [4.78, 5) is 24.8. The molecule has 1 N–H and O–H groups in total. The lowest BCUT2D eigenvalue weighted by atomic mass is 9.96. The van der Waals surface area contributed by atoms with Crippen LogP contribution in [0.5, 0.6) is 0 Å². The maximum atomic E-state index is 12.3. The summed E-state index contributed by atoms with van der Waals surface area (Å²) < 4.78 is 5.26. The molecule has 18 heavy (non-hydrogen) atoms. The Morgan fingerprint density at radius 2 is 2.00 bits per heavy atom. The van der Waals surface area contributed by atoms with Crippen molar-refractivity contribution >= 4 is 11.9 Å². The number of methoxy groups -OCH3 is 1. The van der Waals surface area contributed by atoms with Crippen molar-refractivity contribution in [2.24, 2.45) is 11.8 Å². The Balaban J connectivity index is 2.76. The Kier molecular flexibility index (Phi) is 5.14. The highest BCUT2D eigenvalue weighted by atomic mass is 16.5. The smallest absolute Gasteiger partial charge is 0.305 e. The maximum Gasteiger partial charge on any atom is 0.305 e. The molecular weight excluding hydrogens is 234 g/mol. The fraction of sp³-hybridized carbons (Fsp3) is 0.846. The first kappa shape index (κ1) is 15.0. The molecule has 0 spiro atoms. The molecule has 1 heterocycles. The molecule has 0 saturated carbocycles. The molecule has 0 bridgehead atoms. The second-order valence-corrected chi connectivity index (χ2v) is 5.37. The van der Waals surface area contributed by atoms with Gasteiger partial charge in [0, 0.05) is 25.6 Å². The van der Waals surface area contributed by atoms with Gasteiger partial charge in [0.05, 0.1) is 12.5 Å². The fourth-order valence-electron chi connectivity index (χ4n) is 2.26. The predicted molar refractivity (Wildman–Crippen MR) is 67.2 cm³/mol. The quantitative estimate of drug-likeness (QED) is 0.807. The number of hydrogen-bond donors (Lipinski definition) is 1. The highest BCUT2D eigenvalue weighted by Gasteiger charge is 2.38. The van der Waals surface area contributed by atoms with E-state index in [0.29, 0.717) is 13.0 Å². The van der Waals surface area contributed by atoms with Gasteiger partial charge in [-0.25, -0.2) is 0 Å². The van der Waals surface area contributed by atoms with E-state index in [-0.39, 0.29) is 36.3 Å². The van der Waals surface area contributed by atoms with E-state index in [4.69, 9.17) is 9.84 Å². The van der Waals surface area contributed by atoms with E-state index in [1.165, 1.54) is 0 Å². The molecule has 0 radical (unpaired) electrons. The van der Waals surface area contributed by atoms with Crippen LogP contribution in [0.1, 0.15) is 33.6 Å². The Morgan fingerprint density at radius 3 is 2.44 bits per heavy atom. The second kappa shape index (κ2) is 6.18. The SMILES string of the molecule is COC1CC(CC(=O)O)N(C(=O)C(C)C(C)C)C1. The zero-order valence-electron chi connectivity index (χ0n) is 11.5. The number of hydrogen-bond acceptors (Lipinski definition) is 3. The summed E-state index contributed by atoms with van der Waals surface area (Å²) in [5.74, 6) is -0.663. The van der Waals surface area contributed by atoms with Gasteiger partial charge in [-0.2, -0.15) is 0 Å². The van der Waals surface area contributed by atoms with Crippen LogP contribution in [-0.4, -0.2) is 47.7 Å². The molecule has 104 valence electrons. The van der Waals surface area contributed by atoms with Gasteiger partial charge in [0.25, 0.3) is 0 Å². The predicted octanol–water partition coefficient (Wildman–Crippen LogP) is 1.37. The third kappa shape index (κ3) is 3.45. The fourth-order valence-corrected chi connectivity index (χ4v) is 2.26. The molecule has 1 aliphatic heterocycles. The Morgan fingerprint density at radius 1 is 1.39 bits per heavy atom. The molecule has 0 aliphatic carbocycles. The lowest BCUT2D eigenvalue weighted by molar-refractivity contribution is -0.141. The van der Waals surface area contributed by atoms with Crippen LogP contribution in [0.4, 0.5) is 0 Å². The molecular formula is C13H23NO4. The van der Waals surface area contributed by atoms with E-state index in [1.807, 2.05) is 20.8 Å². The van der Waals surface area contributed by atoms with E-state index in [0.717, 1.165) is 0 Å². The number of rotatable bonds is 5. The van der Waals surface area contributed by atoms with Gasteiger partial charge in [-0.1, -0.05) is 20.8 Å². The van der Waals surface area contributed by atoms with Crippen molar-refractivity contribution in [3.63, 3.8) is 0 Å². The molecule has 1 fully saturated rings. The summed E-state index contributed by atoms with van der Waals surface area (Å²) in [7, 11) is 1.60.